The molecule has 1 unspecified atom stereocenters. The number of halogens is 2. The summed E-state index contributed by atoms with van der Waals surface area (Å²) in [6.07, 6.45) is -1.94. The number of aliphatic hydroxyl groups is 1. The summed E-state index contributed by atoms with van der Waals surface area (Å²) in [5.74, 6) is -2.94. The third-order valence-electron chi connectivity index (χ3n) is 2.71. The van der Waals surface area contributed by atoms with Gasteiger partial charge in [-0.15, -0.1) is 0 Å². The second-order valence-corrected chi connectivity index (χ2v) is 3.96. The molecule has 0 aliphatic heterocycles. The number of benzene rings is 2. The van der Waals surface area contributed by atoms with Gasteiger partial charge in [0.15, 0.2) is 6.10 Å². The van der Waals surface area contributed by atoms with Crippen LogP contribution in [-0.4, -0.2) is 16.2 Å². The van der Waals surface area contributed by atoms with Crippen LogP contribution in [0.15, 0.2) is 42.5 Å². The first kappa shape index (κ1) is 13.2. The molecule has 0 aliphatic rings. The van der Waals surface area contributed by atoms with Crippen LogP contribution in [0.5, 0.6) is 0 Å². The van der Waals surface area contributed by atoms with Gasteiger partial charge in [-0.25, -0.2) is 13.6 Å². The predicted octanol–water partition coefficient (Wildman–Crippen LogP) is 2.75. The summed E-state index contributed by atoms with van der Waals surface area (Å²) < 4.78 is 27.3. The number of carboxylic acids is 1. The maximum atomic E-state index is 13.7. The predicted molar refractivity (Wildman–Crippen MR) is 64.4 cm³/mol. The maximum Gasteiger partial charge on any atom is 0.337 e. The van der Waals surface area contributed by atoms with E-state index < -0.39 is 23.7 Å². The number of aliphatic carboxylic acids is 1. The first-order chi connectivity index (χ1) is 9.00. The highest BCUT2D eigenvalue weighted by molar-refractivity contribution is 5.75. The van der Waals surface area contributed by atoms with E-state index in [2.05, 4.69) is 0 Å². The van der Waals surface area contributed by atoms with Gasteiger partial charge in [0.1, 0.15) is 11.6 Å². The van der Waals surface area contributed by atoms with Gasteiger partial charge >= 0.3 is 5.97 Å². The van der Waals surface area contributed by atoms with Gasteiger partial charge in [0.2, 0.25) is 0 Å². The molecule has 5 heteroatoms. The maximum absolute atomic E-state index is 13.7. The van der Waals surface area contributed by atoms with Crippen molar-refractivity contribution in [1.29, 1.82) is 0 Å². The topological polar surface area (TPSA) is 57.5 Å². The van der Waals surface area contributed by atoms with Crippen LogP contribution in [0.25, 0.3) is 11.1 Å². The van der Waals surface area contributed by atoms with Gasteiger partial charge in [0.25, 0.3) is 0 Å². The number of hydrogen-bond donors (Lipinski definition) is 2. The molecule has 2 aromatic carbocycles. The third-order valence-corrected chi connectivity index (χ3v) is 2.71. The van der Waals surface area contributed by atoms with Crippen molar-refractivity contribution in [2.45, 2.75) is 6.10 Å². The Morgan fingerprint density at radius 1 is 1.05 bits per heavy atom. The average molecular weight is 264 g/mol. The van der Waals surface area contributed by atoms with Crippen molar-refractivity contribution in [3.63, 3.8) is 0 Å². The summed E-state index contributed by atoms with van der Waals surface area (Å²) in [5.41, 5.74) is 0.127. The van der Waals surface area contributed by atoms with E-state index in [1.54, 1.807) is 6.07 Å². The van der Waals surface area contributed by atoms with Crippen molar-refractivity contribution in [1.82, 2.24) is 0 Å². The number of rotatable bonds is 3. The highest BCUT2D eigenvalue weighted by Crippen LogP contribution is 2.26. The summed E-state index contributed by atoms with van der Waals surface area (Å²) in [6.45, 7) is 0. The Morgan fingerprint density at radius 2 is 1.74 bits per heavy atom. The molecule has 3 nitrogen and oxygen atoms in total. The molecule has 0 aliphatic carbocycles. The quantitative estimate of drug-likeness (QED) is 0.896. The molecule has 0 amide bonds. The smallest absolute Gasteiger partial charge is 0.337 e. The van der Waals surface area contributed by atoms with E-state index in [4.69, 9.17) is 5.11 Å². The van der Waals surface area contributed by atoms with E-state index >= 15 is 0 Å². The molecule has 2 rings (SSSR count). The Kier molecular flexibility index (Phi) is 3.57. The molecule has 0 bridgehead atoms. The fourth-order valence-electron chi connectivity index (χ4n) is 1.74. The summed E-state index contributed by atoms with van der Waals surface area (Å²) >= 11 is 0. The van der Waals surface area contributed by atoms with Gasteiger partial charge in [-0.3, -0.25) is 0 Å². The minimum Gasteiger partial charge on any atom is -0.479 e. The van der Waals surface area contributed by atoms with Crippen LogP contribution in [0.3, 0.4) is 0 Å². The second-order valence-electron chi connectivity index (χ2n) is 3.96. The number of carboxylic acid groups (broad SMARTS) is 1. The molecule has 19 heavy (non-hydrogen) atoms. The molecule has 0 radical (unpaired) electrons. The molecule has 0 spiro atoms. The molecule has 2 N–H and O–H groups in total. The lowest BCUT2D eigenvalue weighted by Crippen LogP contribution is -2.12. The molecule has 1 atom stereocenters. The minimum atomic E-state index is -1.94. The SMILES string of the molecule is O=C(O)C(O)c1ccc(-c2ccccc2F)cc1F. The molecule has 0 fully saturated rings. The van der Waals surface area contributed by atoms with Crippen LogP contribution in [0, 0.1) is 11.6 Å². The van der Waals surface area contributed by atoms with Crippen molar-refractivity contribution in [3.8, 4) is 11.1 Å². The third kappa shape index (κ3) is 2.61. The van der Waals surface area contributed by atoms with Crippen LogP contribution in [0.4, 0.5) is 8.78 Å². The van der Waals surface area contributed by atoms with Gasteiger partial charge in [0, 0.05) is 11.1 Å². The van der Waals surface area contributed by atoms with Crippen LogP contribution >= 0.6 is 0 Å². The standard InChI is InChI=1S/C14H10F2O3/c15-11-4-2-1-3-9(11)8-5-6-10(12(16)7-8)13(17)14(18)19/h1-7,13,17H,(H,18,19). The Morgan fingerprint density at radius 3 is 2.32 bits per heavy atom. The molecular weight excluding hydrogens is 254 g/mol. The van der Waals surface area contributed by atoms with E-state index in [-0.39, 0.29) is 16.7 Å². The summed E-state index contributed by atoms with van der Waals surface area (Å²) in [7, 11) is 0. The number of aliphatic hydroxyl groups excluding tert-OH is 1. The van der Waals surface area contributed by atoms with Crippen molar-refractivity contribution in [2.75, 3.05) is 0 Å². The summed E-state index contributed by atoms with van der Waals surface area (Å²) in [5, 5.41) is 17.9. The monoisotopic (exact) mass is 264 g/mol. The molecule has 2 aromatic rings. The lowest BCUT2D eigenvalue weighted by atomic mass is 10.0. The second kappa shape index (κ2) is 5.16. The van der Waals surface area contributed by atoms with Gasteiger partial charge in [0.05, 0.1) is 0 Å². The van der Waals surface area contributed by atoms with E-state index in [1.807, 2.05) is 0 Å². The van der Waals surface area contributed by atoms with E-state index in [0.29, 0.717) is 0 Å². The highest BCUT2D eigenvalue weighted by atomic mass is 19.1. The molecule has 0 saturated heterocycles. The lowest BCUT2D eigenvalue weighted by Gasteiger charge is -2.09. The number of hydrogen-bond acceptors (Lipinski definition) is 2. The lowest BCUT2D eigenvalue weighted by molar-refractivity contribution is -0.147. The zero-order valence-corrected chi connectivity index (χ0v) is 9.68. The fourth-order valence-corrected chi connectivity index (χ4v) is 1.74. The first-order valence-corrected chi connectivity index (χ1v) is 5.46. The molecule has 0 heterocycles. The Balaban J connectivity index is 2.45. The van der Waals surface area contributed by atoms with Crippen molar-refractivity contribution < 1.29 is 23.8 Å². The molecule has 0 aromatic heterocycles. The van der Waals surface area contributed by atoms with Crippen molar-refractivity contribution in [2.24, 2.45) is 0 Å². The zero-order valence-electron chi connectivity index (χ0n) is 9.68. The van der Waals surface area contributed by atoms with Crippen LogP contribution < -0.4 is 0 Å². The Labute approximate surface area is 107 Å². The zero-order chi connectivity index (χ0) is 14.0. The Hall–Kier alpha value is -2.27. The molecule has 98 valence electrons. The van der Waals surface area contributed by atoms with Gasteiger partial charge in [-0.05, 0) is 17.7 Å². The first-order valence-electron chi connectivity index (χ1n) is 5.46. The van der Waals surface area contributed by atoms with E-state index in [0.717, 1.165) is 12.1 Å². The van der Waals surface area contributed by atoms with Crippen molar-refractivity contribution >= 4 is 5.97 Å². The summed E-state index contributed by atoms with van der Waals surface area (Å²) in [6, 6.07) is 9.34. The van der Waals surface area contributed by atoms with E-state index in [1.165, 1.54) is 24.3 Å². The largest absolute Gasteiger partial charge is 0.479 e. The van der Waals surface area contributed by atoms with Gasteiger partial charge < -0.3 is 10.2 Å². The number of carbonyl (C=O) groups is 1. The molecule has 0 saturated carbocycles. The van der Waals surface area contributed by atoms with E-state index in [9.17, 15) is 18.7 Å². The van der Waals surface area contributed by atoms with Crippen molar-refractivity contribution in [3.05, 3.63) is 59.7 Å². The molecular formula is C14H10F2O3. The van der Waals surface area contributed by atoms with Crippen LogP contribution in [0.1, 0.15) is 11.7 Å². The normalized spacial score (nSPS) is 12.2. The average Bonchev–Trinajstić information content (AvgIpc) is 2.38. The highest BCUT2D eigenvalue weighted by Gasteiger charge is 2.20. The van der Waals surface area contributed by atoms with Gasteiger partial charge in [-0.1, -0.05) is 30.3 Å². The fraction of sp³-hybridized carbons (Fsp3) is 0.0714. The Bertz CT molecular complexity index is 626. The minimum absolute atomic E-state index is 0.206. The van der Waals surface area contributed by atoms with Crippen LogP contribution in [-0.2, 0) is 4.79 Å². The van der Waals surface area contributed by atoms with Gasteiger partial charge in [-0.2, -0.15) is 0 Å². The van der Waals surface area contributed by atoms with Crippen LogP contribution in [0.2, 0.25) is 0 Å². The summed E-state index contributed by atoms with van der Waals surface area (Å²) in [4.78, 5) is 10.6.